The molecule has 7 nitrogen and oxygen atoms in total. The molecule has 8 heteroatoms. The molecule has 9 atom stereocenters. The summed E-state index contributed by atoms with van der Waals surface area (Å²) in [6.45, 7) is 3.56. The highest BCUT2D eigenvalue weighted by atomic mass is 32.1. The molecule has 1 aliphatic heterocycles. The fraction of sp³-hybridized carbons (Fsp3) is 0.529. The fourth-order valence-corrected chi connectivity index (χ4v) is 10.3. The van der Waals surface area contributed by atoms with Gasteiger partial charge in [-0.05, 0) is 72.2 Å². The van der Waals surface area contributed by atoms with Crippen LogP contribution in [0.25, 0.3) is 0 Å². The van der Waals surface area contributed by atoms with E-state index in [2.05, 4.69) is 19.9 Å². The molecule has 3 saturated carbocycles. The molecule has 4 fully saturated rings. The number of ketones is 2. The lowest BCUT2D eigenvalue weighted by molar-refractivity contribution is -0.201. The Morgan fingerprint density at radius 1 is 1.14 bits per heavy atom. The van der Waals surface area contributed by atoms with Crippen LogP contribution < -0.4 is 0 Å². The minimum atomic E-state index is -1.35. The number of fused-ring (bicyclic) bond motifs is 7. The molecule has 2 aromatic rings. The number of ether oxygens (including phenoxy) is 2. The summed E-state index contributed by atoms with van der Waals surface area (Å²) in [5.74, 6) is -0.249. The van der Waals surface area contributed by atoms with E-state index >= 15 is 0 Å². The van der Waals surface area contributed by atoms with Gasteiger partial charge in [0.1, 0.15) is 6.61 Å². The second-order valence-electron chi connectivity index (χ2n) is 13.3. The van der Waals surface area contributed by atoms with E-state index in [4.69, 9.17) is 9.47 Å². The van der Waals surface area contributed by atoms with Gasteiger partial charge in [-0.2, -0.15) is 0 Å². The van der Waals surface area contributed by atoms with E-state index in [9.17, 15) is 24.9 Å². The Hall–Kier alpha value is -2.46. The smallest absolute Gasteiger partial charge is 0.193 e. The number of allylic oxidation sites excluding steroid dienone is 4. The van der Waals surface area contributed by atoms with Crippen LogP contribution >= 0.6 is 11.3 Å². The van der Waals surface area contributed by atoms with Crippen molar-refractivity contribution in [3.63, 3.8) is 0 Å². The molecule has 2 heterocycles. The molecule has 1 saturated heterocycles. The quantitative estimate of drug-likeness (QED) is 0.456. The molecular weight excluding hydrogens is 552 g/mol. The third-order valence-corrected chi connectivity index (χ3v) is 12.3. The van der Waals surface area contributed by atoms with Gasteiger partial charge in [0.15, 0.2) is 23.5 Å². The van der Waals surface area contributed by atoms with Crippen LogP contribution in [0.5, 0.6) is 0 Å². The summed E-state index contributed by atoms with van der Waals surface area (Å²) in [6, 6.07) is 9.94. The second-order valence-corrected chi connectivity index (χ2v) is 14.3. The van der Waals surface area contributed by atoms with Gasteiger partial charge in [-0.15, -0.1) is 11.3 Å². The summed E-state index contributed by atoms with van der Waals surface area (Å²) in [4.78, 5) is 27.0. The Kier molecular flexibility index (Phi) is 6.77. The van der Waals surface area contributed by atoms with Crippen LogP contribution in [-0.4, -0.2) is 51.3 Å². The number of thiophene rings is 1. The number of rotatable bonds is 6. The standard InChI is InChI=1S/C34H38O7S/c1-32-10-9-23(37)13-22(32)7-8-25-26-14-29-34(28(39)17-36,33(26,2)15-27(38)30(25)32)41-31(40-29)21-12-24(42-18-21)11-19-3-5-20(16-35)6-4-19/h3-6,9-10,12-13,18,25-27,29-31,35-36,38H,7-8,11,14-17H2,1-2H3/t25-,26-,27-,29+,30+,31+,32-,33-,34+/m0/s1. The van der Waals surface area contributed by atoms with Gasteiger partial charge in [-0.1, -0.05) is 49.8 Å². The normalized spacial score (nSPS) is 40.2. The van der Waals surface area contributed by atoms with Gasteiger partial charge in [0, 0.05) is 33.6 Å². The van der Waals surface area contributed by atoms with Gasteiger partial charge in [0.2, 0.25) is 0 Å². The van der Waals surface area contributed by atoms with Crippen molar-refractivity contribution in [3.8, 4) is 0 Å². The predicted octanol–water partition coefficient (Wildman–Crippen LogP) is 4.43. The minimum absolute atomic E-state index is 0.00277. The number of hydrogen-bond donors (Lipinski definition) is 3. The van der Waals surface area contributed by atoms with E-state index in [1.807, 2.05) is 35.7 Å². The highest BCUT2D eigenvalue weighted by molar-refractivity contribution is 7.10. The lowest BCUT2D eigenvalue weighted by Crippen LogP contribution is -2.63. The lowest BCUT2D eigenvalue weighted by Gasteiger charge is -2.59. The topological polar surface area (TPSA) is 113 Å². The number of aliphatic hydroxyl groups excluding tert-OH is 3. The van der Waals surface area contributed by atoms with Crippen molar-refractivity contribution in [2.75, 3.05) is 6.61 Å². The number of carbonyl (C=O) groups is 2. The molecule has 0 bridgehead atoms. The Morgan fingerprint density at radius 3 is 2.64 bits per heavy atom. The summed E-state index contributed by atoms with van der Waals surface area (Å²) in [5, 5.41) is 33.4. The van der Waals surface area contributed by atoms with Crippen LogP contribution in [0, 0.1) is 28.6 Å². The number of benzene rings is 1. The van der Waals surface area contributed by atoms with Crippen molar-refractivity contribution in [1.29, 1.82) is 0 Å². The summed E-state index contributed by atoms with van der Waals surface area (Å²) in [7, 11) is 0. The highest BCUT2D eigenvalue weighted by Gasteiger charge is 2.75. The number of aliphatic hydroxyl groups is 3. The van der Waals surface area contributed by atoms with E-state index in [-0.39, 0.29) is 35.9 Å². The van der Waals surface area contributed by atoms with Crippen LogP contribution in [0.3, 0.4) is 0 Å². The average Bonchev–Trinajstić information content (AvgIpc) is 3.66. The van der Waals surface area contributed by atoms with Gasteiger partial charge in [-0.25, -0.2) is 0 Å². The van der Waals surface area contributed by atoms with Crippen LogP contribution in [0.2, 0.25) is 0 Å². The van der Waals surface area contributed by atoms with Gasteiger partial charge in [0.25, 0.3) is 0 Å². The third-order valence-electron chi connectivity index (χ3n) is 11.3. The first-order valence-electron chi connectivity index (χ1n) is 15.0. The lowest BCUT2D eigenvalue weighted by atomic mass is 9.46. The van der Waals surface area contributed by atoms with Crippen molar-refractivity contribution in [1.82, 2.24) is 0 Å². The predicted molar refractivity (Wildman–Crippen MR) is 156 cm³/mol. The fourth-order valence-electron chi connectivity index (χ4n) is 9.41. The summed E-state index contributed by atoms with van der Waals surface area (Å²) in [6.07, 6.45) is 6.73. The summed E-state index contributed by atoms with van der Waals surface area (Å²) < 4.78 is 13.3. The Labute approximate surface area is 249 Å². The minimum Gasteiger partial charge on any atom is -0.393 e. The van der Waals surface area contributed by atoms with E-state index < -0.39 is 41.5 Å². The van der Waals surface area contributed by atoms with Crippen LogP contribution in [0.4, 0.5) is 0 Å². The first kappa shape index (κ1) is 28.3. The summed E-state index contributed by atoms with van der Waals surface area (Å²) >= 11 is 1.61. The zero-order chi connectivity index (χ0) is 29.4. The molecule has 4 aliphatic carbocycles. The van der Waals surface area contributed by atoms with Crippen molar-refractivity contribution < 1.29 is 34.4 Å². The van der Waals surface area contributed by atoms with Gasteiger partial charge in [-0.3, -0.25) is 9.59 Å². The molecule has 1 aromatic carbocycles. The van der Waals surface area contributed by atoms with Crippen molar-refractivity contribution >= 4 is 22.9 Å². The molecule has 5 aliphatic rings. The Morgan fingerprint density at radius 2 is 1.90 bits per heavy atom. The average molecular weight is 591 g/mol. The van der Waals surface area contributed by atoms with Gasteiger partial charge < -0.3 is 24.8 Å². The number of carbonyl (C=O) groups excluding carboxylic acids is 2. The zero-order valence-corrected chi connectivity index (χ0v) is 24.8. The molecule has 0 unspecified atom stereocenters. The van der Waals surface area contributed by atoms with Crippen molar-refractivity contribution in [2.24, 2.45) is 28.6 Å². The Balaban J connectivity index is 1.17. The largest absolute Gasteiger partial charge is 0.393 e. The molecule has 0 amide bonds. The van der Waals surface area contributed by atoms with E-state index in [1.165, 1.54) is 0 Å². The van der Waals surface area contributed by atoms with Gasteiger partial charge >= 0.3 is 0 Å². The number of Topliss-reactive ketones (excluding diaryl/α,β-unsaturated/α-hetero) is 1. The molecule has 222 valence electrons. The van der Waals surface area contributed by atoms with E-state index in [0.29, 0.717) is 12.8 Å². The van der Waals surface area contributed by atoms with Crippen LogP contribution in [0.15, 0.2) is 59.5 Å². The maximum Gasteiger partial charge on any atom is 0.193 e. The SMILES string of the molecule is C[C@]12C=CC(=O)C=C1CC[C@@H]1[C@@H]2[C@@H](O)C[C@@]2(C)[C@H]1C[C@H]1O[C@@H](c3csc(Cc4ccc(CO)cc4)c3)O[C@]12C(=O)CO. The van der Waals surface area contributed by atoms with E-state index in [1.54, 1.807) is 23.5 Å². The molecular formula is C34H38O7S. The van der Waals surface area contributed by atoms with Crippen molar-refractivity contribution in [2.45, 2.75) is 76.7 Å². The maximum absolute atomic E-state index is 13.7. The van der Waals surface area contributed by atoms with Crippen molar-refractivity contribution in [3.05, 3.63) is 81.1 Å². The monoisotopic (exact) mass is 590 g/mol. The molecule has 1 aromatic heterocycles. The summed E-state index contributed by atoms with van der Waals surface area (Å²) in [5.41, 5.74) is 1.48. The maximum atomic E-state index is 13.7. The molecule has 0 spiro atoms. The molecule has 42 heavy (non-hydrogen) atoms. The zero-order valence-electron chi connectivity index (χ0n) is 24.0. The first-order valence-corrected chi connectivity index (χ1v) is 15.9. The van der Waals surface area contributed by atoms with E-state index in [0.717, 1.165) is 46.4 Å². The number of hydrogen-bond acceptors (Lipinski definition) is 8. The highest BCUT2D eigenvalue weighted by Crippen LogP contribution is 2.70. The van der Waals surface area contributed by atoms with Gasteiger partial charge in [0.05, 0.1) is 18.8 Å². The first-order chi connectivity index (χ1) is 20.1. The molecule has 7 rings (SSSR count). The van der Waals surface area contributed by atoms with Crippen LogP contribution in [-0.2, 0) is 32.1 Å². The molecule has 0 radical (unpaired) electrons. The third kappa shape index (κ3) is 3.96. The second kappa shape index (κ2) is 10.0. The Bertz CT molecular complexity index is 1470. The van der Waals surface area contributed by atoms with Crippen LogP contribution in [0.1, 0.15) is 67.4 Å². The molecule has 3 N–H and O–H groups in total.